The molecule has 0 saturated carbocycles. The summed E-state index contributed by atoms with van der Waals surface area (Å²) in [5.74, 6) is -2.78. The Morgan fingerprint density at radius 2 is 1.74 bits per heavy atom. The van der Waals surface area contributed by atoms with E-state index >= 15 is 0 Å². The maximum atomic E-state index is 13.5. The Bertz CT molecular complexity index is 1410. The fourth-order valence-corrected chi connectivity index (χ4v) is 5.67. The zero-order valence-electron chi connectivity index (χ0n) is 26.9. The first-order valence-electron chi connectivity index (χ1n) is 15.6. The van der Waals surface area contributed by atoms with E-state index in [9.17, 15) is 19.2 Å². The third-order valence-electron chi connectivity index (χ3n) is 8.14. The molecule has 2 aliphatic rings. The van der Waals surface area contributed by atoms with Crippen molar-refractivity contribution in [2.75, 3.05) is 13.7 Å². The van der Waals surface area contributed by atoms with Gasteiger partial charge in [-0.05, 0) is 41.7 Å². The van der Waals surface area contributed by atoms with E-state index < -0.39 is 47.9 Å². The highest BCUT2D eigenvalue weighted by Crippen LogP contribution is 2.45. The summed E-state index contributed by atoms with van der Waals surface area (Å²) in [6.07, 6.45) is 1.40. The second kappa shape index (κ2) is 16.1. The number of hydrogen-bond acceptors (Lipinski definition) is 8. The van der Waals surface area contributed by atoms with E-state index in [1.54, 1.807) is 31.2 Å². The third kappa shape index (κ3) is 9.56. The molecular formula is C35H43ClN2O8. The minimum absolute atomic E-state index is 0.0341. The zero-order chi connectivity index (χ0) is 33.4. The second-order valence-electron chi connectivity index (χ2n) is 12.3. The molecule has 2 heterocycles. The summed E-state index contributed by atoms with van der Waals surface area (Å²) >= 11 is 6.30. The summed E-state index contributed by atoms with van der Waals surface area (Å²) in [4.78, 5) is 52.9. The van der Waals surface area contributed by atoms with E-state index in [1.165, 1.54) is 13.2 Å². The molecule has 0 spiro atoms. The van der Waals surface area contributed by atoms with Gasteiger partial charge >= 0.3 is 11.9 Å². The first-order valence-corrected chi connectivity index (χ1v) is 16.0. The van der Waals surface area contributed by atoms with Gasteiger partial charge in [-0.3, -0.25) is 14.4 Å². The molecule has 0 aliphatic carbocycles. The van der Waals surface area contributed by atoms with E-state index in [0.29, 0.717) is 16.3 Å². The normalized spacial score (nSPS) is 27.5. The summed E-state index contributed by atoms with van der Waals surface area (Å²) in [7, 11) is 1.51. The van der Waals surface area contributed by atoms with E-state index in [0.717, 1.165) is 5.56 Å². The minimum Gasteiger partial charge on any atom is -0.495 e. The maximum absolute atomic E-state index is 13.5. The number of carbonyl (C=O) groups excluding carboxylic acids is 4. The van der Waals surface area contributed by atoms with Gasteiger partial charge < -0.3 is 29.6 Å². The number of amides is 2. The highest BCUT2D eigenvalue weighted by atomic mass is 35.5. The molecule has 1 saturated heterocycles. The lowest BCUT2D eigenvalue weighted by Gasteiger charge is -2.27. The highest BCUT2D eigenvalue weighted by molar-refractivity contribution is 6.32. The van der Waals surface area contributed by atoms with Crippen molar-refractivity contribution in [1.29, 1.82) is 0 Å². The number of rotatable bonds is 8. The van der Waals surface area contributed by atoms with Crippen LogP contribution < -0.4 is 15.4 Å². The molecule has 46 heavy (non-hydrogen) atoms. The van der Waals surface area contributed by atoms with Gasteiger partial charge in [-0.25, -0.2) is 4.79 Å². The summed E-state index contributed by atoms with van der Waals surface area (Å²) in [6.45, 7) is 7.31. The van der Waals surface area contributed by atoms with Crippen molar-refractivity contribution in [2.24, 2.45) is 17.8 Å². The quantitative estimate of drug-likeness (QED) is 0.308. The average Bonchev–Trinajstić information content (AvgIpc) is 3.83. The molecule has 2 aromatic rings. The standard InChI is InChI=1S/C35H43ClN2O8/c1-20(2)16-29-35(42)44-27(22(4)31-32(46-31)24-10-7-6-8-11-24)12-9-13-30(39)38-26(33(40)37-19-21(3)34(41)45-29)18-23-14-15-28(43-5)25(36)17-23/h6-11,13-15,17,20-22,26-27,29,31-32H,12,16,18-19H2,1-5H3,(H,37,40)(H,38,39)/b13-9+/t21-,22-,26-,27+,29+,31+,32+/m1/s1. The topological polar surface area (TPSA) is 133 Å². The van der Waals surface area contributed by atoms with Gasteiger partial charge in [-0.1, -0.05) is 81.8 Å². The average molecular weight is 655 g/mol. The molecule has 0 aromatic heterocycles. The van der Waals surface area contributed by atoms with Crippen molar-refractivity contribution < 1.29 is 38.1 Å². The molecule has 11 heteroatoms. The number of ether oxygens (including phenoxy) is 4. The van der Waals surface area contributed by atoms with E-state index in [2.05, 4.69) is 10.6 Å². The van der Waals surface area contributed by atoms with Gasteiger partial charge in [0, 0.05) is 25.3 Å². The summed E-state index contributed by atoms with van der Waals surface area (Å²) in [5.41, 5.74) is 1.73. The zero-order valence-corrected chi connectivity index (χ0v) is 27.6. The SMILES string of the molecule is COc1ccc(C[C@H]2NC(=O)/C=C/C[C@@H]([C@@H](C)[C@@H]3O[C@H]3c3ccccc3)OC(=O)[C@H](CC(C)C)OC(=O)[C@H](C)CNC2=O)cc1Cl. The number of hydrogen-bond donors (Lipinski definition) is 2. The molecule has 0 bridgehead atoms. The van der Waals surface area contributed by atoms with Crippen molar-refractivity contribution in [1.82, 2.24) is 10.6 Å². The van der Waals surface area contributed by atoms with Gasteiger partial charge in [0.15, 0.2) is 6.10 Å². The minimum atomic E-state index is -1.13. The Balaban J connectivity index is 1.58. The van der Waals surface area contributed by atoms with Crippen LogP contribution in [-0.4, -0.2) is 61.8 Å². The number of epoxide rings is 1. The Morgan fingerprint density at radius 1 is 1.00 bits per heavy atom. The Kier molecular flexibility index (Phi) is 12.2. The molecule has 7 atom stereocenters. The number of methoxy groups -OCH3 is 1. The van der Waals surface area contributed by atoms with Crippen molar-refractivity contribution in [3.63, 3.8) is 0 Å². The maximum Gasteiger partial charge on any atom is 0.347 e. The molecule has 2 aromatic carbocycles. The van der Waals surface area contributed by atoms with Gasteiger partial charge in [0.1, 0.15) is 24.0 Å². The fraction of sp³-hybridized carbons (Fsp3) is 0.486. The first kappa shape index (κ1) is 35.0. The van der Waals surface area contributed by atoms with Gasteiger partial charge in [-0.2, -0.15) is 0 Å². The lowest BCUT2D eigenvalue weighted by atomic mass is 9.93. The van der Waals surface area contributed by atoms with Crippen molar-refractivity contribution in [3.8, 4) is 5.75 Å². The lowest BCUT2D eigenvalue weighted by Crippen LogP contribution is -2.49. The van der Waals surface area contributed by atoms with Gasteiger partial charge in [0.25, 0.3) is 0 Å². The second-order valence-corrected chi connectivity index (χ2v) is 12.7. The van der Waals surface area contributed by atoms with Crippen molar-refractivity contribution in [3.05, 3.63) is 76.8 Å². The van der Waals surface area contributed by atoms with Crippen molar-refractivity contribution >= 4 is 35.4 Å². The fourth-order valence-electron chi connectivity index (χ4n) is 5.39. The van der Waals surface area contributed by atoms with Crippen LogP contribution >= 0.6 is 11.6 Å². The van der Waals surface area contributed by atoms with E-state index in [1.807, 2.05) is 51.1 Å². The van der Waals surface area contributed by atoms with Crippen LogP contribution in [0.1, 0.15) is 57.8 Å². The van der Waals surface area contributed by atoms with Gasteiger partial charge in [-0.15, -0.1) is 0 Å². The number of cyclic esters (lactones) is 2. The Hall–Kier alpha value is -3.89. The van der Waals surface area contributed by atoms with Crippen LogP contribution in [0.25, 0.3) is 0 Å². The largest absolute Gasteiger partial charge is 0.495 e. The molecule has 1 fully saturated rings. The number of carbonyl (C=O) groups is 4. The Morgan fingerprint density at radius 3 is 2.41 bits per heavy atom. The molecule has 10 nitrogen and oxygen atoms in total. The molecule has 2 amide bonds. The molecule has 2 aliphatic heterocycles. The van der Waals surface area contributed by atoms with Gasteiger partial charge in [0.05, 0.1) is 24.2 Å². The lowest BCUT2D eigenvalue weighted by molar-refractivity contribution is -0.176. The molecule has 0 radical (unpaired) electrons. The summed E-state index contributed by atoms with van der Waals surface area (Å²) in [6, 6.07) is 13.9. The highest BCUT2D eigenvalue weighted by Gasteiger charge is 2.47. The van der Waals surface area contributed by atoms with E-state index in [-0.39, 0.29) is 49.9 Å². The Labute approximate surface area is 275 Å². The third-order valence-corrected chi connectivity index (χ3v) is 8.44. The number of nitrogens with one attached hydrogen (secondary N) is 2. The predicted octanol–water partition coefficient (Wildman–Crippen LogP) is 4.73. The molecule has 4 rings (SSSR count). The monoisotopic (exact) mass is 654 g/mol. The predicted molar refractivity (Wildman–Crippen MR) is 172 cm³/mol. The smallest absolute Gasteiger partial charge is 0.347 e. The van der Waals surface area contributed by atoms with E-state index in [4.69, 9.17) is 30.5 Å². The summed E-state index contributed by atoms with van der Waals surface area (Å²) in [5, 5.41) is 5.86. The number of halogens is 1. The molecule has 248 valence electrons. The van der Waals surface area contributed by atoms with Crippen LogP contribution in [-0.2, 0) is 39.8 Å². The van der Waals surface area contributed by atoms with Crippen LogP contribution in [0, 0.1) is 17.8 Å². The van der Waals surface area contributed by atoms with Gasteiger partial charge in [0.2, 0.25) is 11.8 Å². The summed E-state index contributed by atoms with van der Waals surface area (Å²) < 4.78 is 22.9. The number of benzene rings is 2. The molecule has 0 unspecified atom stereocenters. The van der Waals surface area contributed by atoms with Crippen LogP contribution in [0.3, 0.4) is 0 Å². The van der Waals surface area contributed by atoms with Crippen LogP contribution in [0.5, 0.6) is 5.75 Å². The van der Waals surface area contributed by atoms with Crippen LogP contribution in [0.2, 0.25) is 5.02 Å². The molecule has 2 N–H and O–H groups in total. The molecular weight excluding hydrogens is 612 g/mol. The first-order chi connectivity index (χ1) is 22.0. The van der Waals surface area contributed by atoms with Crippen molar-refractivity contribution in [2.45, 2.75) is 77.4 Å². The van der Waals surface area contributed by atoms with Crippen LogP contribution in [0.4, 0.5) is 0 Å². The van der Waals surface area contributed by atoms with Crippen LogP contribution in [0.15, 0.2) is 60.7 Å². The number of esters is 2.